The van der Waals surface area contributed by atoms with Crippen LogP contribution in [0.2, 0.25) is 0 Å². The highest BCUT2D eigenvalue weighted by molar-refractivity contribution is 5.70. The molecule has 0 fully saturated rings. The number of carboxylic acids is 1. The van der Waals surface area contributed by atoms with Crippen molar-refractivity contribution in [3.05, 3.63) is 0 Å². The van der Waals surface area contributed by atoms with Crippen LogP contribution in [0.1, 0.15) is 130 Å². The lowest BCUT2D eigenvalue weighted by Crippen LogP contribution is -2.09. The Morgan fingerprint density at radius 1 is 0.655 bits per heavy atom. The van der Waals surface area contributed by atoms with Gasteiger partial charge in [-0.1, -0.05) is 111 Å². The molecule has 0 saturated heterocycles. The molecule has 0 spiro atoms. The SMILES string of the molecule is CC(N)=O.CCCCCCCCCCCCCCCCCC(=O)O.CCNCC. The molecule has 0 atom stereocenters. The fraction of sp³-hybridized carbons (Fsp3) is 0.917. The number of hydrogen-bond acceptors (Lipinski definition) is 3. The first-order chi connectivity index (χ1) is 13.9. The highest BCUT2D eigenvalue weighted by atomic mass is 16.4. The normalized spacial score (nSPS) is 9.79. The van der Waals surface area contributed by atoms with Crippen LogP contribution in [0.15, 0.2) is 0 Å². The van der Waals surface area contributed by atoms with Crippen LogP contribution in [0.3, 0.4) is 0 Å². The summed E-state index contributed by atoms with van der Waals surface area (Å²) in [5, 5.41) is 11.6. The molecular formula is C24H52N2O3. The zero-order valence-electron chi connectivity index (χ0n) is 20.1. The van der Waals surface area contributed by atoms with Crippen LogP contribution in [0.25, 0.3) is 0 Å². The molecule has 0 radical (unpaired) electrons. The van der Waals surface area contributed by atoms with Crippen LogP contribution in [0, 0.1) is 0 Å². The van der Waals surface area contributed by atoms with Crippen molar-refractivity contribution in [2.45, 2.75) is 130 Å². The Morgan fingerprint density at radius 3 is 1.14 bits per heavy atom. The van der Waals surface area contributed by atoms with E-state index in [9.17, 15) is 9.59 Å². The minimum Gasteiger partial charge on any atom is -0.481 e. The van der Waals surface area contributed by atoms with Crippen LogP contribution in [0.5, 0.6) is 0 Å². The van der Waals surface area contributed by atoms with Crippen molar-refractivity contribution in [2.75, 3.05) is 13.1 Å². The van der Waals surface area contributed by atoms with Gasteiger partial charge in [-0.15, -0.1) is 0 Å². The Hall–Kier alpha value is -1.10. The van der Waals surface area contributed by atoms with Gasteiger partial charge in [-0.3, -0.25) is 9.59 Å². The predicted octanol–water partition coefficient (Wildman–Crippen LogP) is 6.44. The number of nitrogens with two attached hydrogens (primary N) is 1. The lowest BCUT2D eigenvalue weighted by molar-refractivity contribution is -0.137. The van der Waals surface area contributed by atoms with Crippen molar-refractivity contribution < 1.29 is 14.7 Å². The van der Waals surface area contributed by atoms with Crippen molar-refractivity contribution in [3.8, 4) is 0 Å². The van der Waals surface area contributed by atoms with E-state index in [1.54, 1.807) is 0 Å². The average molecular weight is 417 g/mol. The third-order valence-corrected chi connectivity index (χ3v) is 4.49. The first-order valence-corrected chi connectivity index (χ1v) is 12.1. The second kappa shape index (κ2) is 31.6. The van der Waals surface area contributed by atoms with Crippen molar-refractivity contribution in [1.29, 1.82) is 0 Å². The van der Waals surface area contributed by atoms with E-state index in [1.165, 1.54) is 90.4 Å². The second-order valence-electron chi connectivity index (χ2n) is 7.66. The van der Waals surface area contributed by atoms with Crippen LogP contribution < -0.4 is 11.1 Å². The lowest BCUT2D eigenvalue weighted by Gasteiger charge is -2.03. The largest absolute Gasteiger partial charge is 0.481 e. The Labute approximate surface area is 181 Å². The maximum atomic E-state index is 10.3. The number of nitrogens with one attached hydrogen (secondary N) is 1. The smallest absolute Gasteiger partial charge is 0.303 e. The summed E-state index contributed by atoms with van der Waals surface area (Å²) in [6.45, 7) is 9.96. The summed E-state index contributed by atoms with van der Waals surface area (Å²) in [4.78, 5) is 19.6. The molecule has 0 saturated carbocycles. The monoisotopic (exact) mass is 416 g/mol. The molecule has 5 nitrogen and oxygen atoms in total. The number of rotatable bonds is 18. The van der Waals surface area contributed by atoms with E-state index >= 15 is 0 Å². The number of carbonyl (C=O) groups excluding carboxylic acids is 1. The van der Waals surface area contributed by atoms with Crippen molar-refractivity contribution in [3.63, 3.8) is 0 Å². The maximum Gasteiger partial charge on any atom is 0.303 e. The van der Waals surface area contributed by atoms with Gasteiger partial charge in [0.1, 0.15) is 0 Å². The molecular weight excluding hydrogens is 364 g/mol. The number of primary amides is 1. The predicted molar refractivity (Wildman–Crippen MR) is 126 cm³/mol. The molecule has 4 N–H and O–H groups in total. The molecule has 0 aliphatic carbocycles. The standard InChI is InChI=1S/C18H36O2.C4H11N.C2H5NO/c1-2-3-4-5-6-7-8-9-10-11-12-13-14-15-16-17-18(19)20;1-3-5-4-2;1-2(3)4/h2-17H2,1H3,(H,19,20);5H,3-4H2,1-2H3;1H3,(H2,3,4). The zero-order chi connectivity index (χ0) is 22.6. The summed E-state index contributed by atoms with van der Waals surface area (Å²) >= 11 is 0. The Kier molecular flexibility index (Phi) is 35.5. The van der Waals surface area contributed by atoms with Gasteiger partial charge >= 0.3 is 5.97 Å². The third-order valence-electron chi connectivity index (χ3n) is 4.49. The van der Waals surface area contributed by atoms with E-state index in [-0.39, 0.29) is 5.91 Å². The van der Waals surface area contributed by atoms with Gasteiger partial charge < -0.3 is 16.2 Å². The van der Waals surface area contributed by atoms with Crippen molar-refractivity contribution in [1.82, 2.24) is 5.32 Å². The van der Waals surface area contributed by atoms with Crippen LogP contribution in [-0.4, -0.2) is 30.1 Å². The van der Waals surface area contributed by atoms with Gasteiger partial charge in [0.25, 0.3) is 0 Å². The van der Waals surface area contributed by atoms with E-state index < -0.39 is 5.97 Å². The molecule has 0 unspecified atom stereocenters. The molecule has 0 aliphatic rings. The minimum atomic E-state index is -0.653. The van der Waals surface area contributed by atoms with Gasteiger partial charge in [0.05, 0.1) is 0 Å². The topological polar surface area (TPSA) is 92.4 Å². The summed E-state index contributed by atoms with van der Waals surface area (Å²) in [7, 11) is 0. The number of unbranched alkanes of at least 4 members (excludes halogenated alkanes) is 14. The number of carbonyl (C=O) groups is 2. The molecule has 0 rings (SSSR count). The van der Waals surface area contributed by atoms with Gasteiger partial charge in [0.15, 0.2) is 0 Å². The quantitative estimate of drug-likeness (QED) is 0.224. The summed E-state index contributed by atoms with van der Waals surface area (Å²) in [6.07, 6.45) is 20.2. The van der Waals surface area contributed by atoms with E-state index in [0.29, 0.717) is 6.42 Å². The molecule has 0 aromatic heterocycles. The fourth-order valence-electron chi connectivity index (χ4n) is 2.90. The van der Waals surface area contributed by atoms with E-state index in [0.717, 1.165) is 25.9 Å². The van der Waals surface area contributed by atoms with E-state index in [2.05, 4.69) is 31.8 Å². The molecule has 0 bridgehead atoms. The molecule has 0 heterocycles. The number of amides is 1. The minimum absolute atomic E-state index is 0.333. The summed E-state index contributed by atoms with van der Waals surface area (Å²) in [5.74, 6) is -0.986. The molecule has 5 heteroatoms. The van der Waals surface area contributed by atoms with Gasteiger partial charge in [-0.2, -0.15) is 0 Å². The maximum absolute atomic E-state index is 10.3. The summed E-state index contributed by atoms with van der Waals surface area (Å²) in [6, 6.07) is 0. The van der Waals surface area contributed by atoms with Gasteiger partial charge in [0, 0.05) is 13.3 Å². The van der Waals surface area contributed by atoms with Crippen molar-refractivity contribution in [2.24, 2.45) is 5.73 Å². The van der Waals surface area contributed by atoms with E-state index in [4.69, 9.17) is 5.11 Å². The fourth-order valence-corrected chi connectivity index (χ4v) is 2.90. The van der Waals surface area contributed by atoms with Gasteiger partial charge in [0.2, 0.25) is 5.91 Å². The summed E-state index contributed by atoms with van der Waals surface area (Å²) < 4.78 is 0. The number of carboxylic acid groups (broad SMARTS) is 1. The molecule has 29 heavy (non-hydrogen) atoms. The Bertz CT molecular complexity index is 317. The lowest BCUT2D eigenvalue weighted by atomic mass is 10.0. The third kappa shape index (κ3) is 52.1. The molecule has 176 valence electrons. The summed E-state index contributed by atoms with van der Waals surface area (Å²) in [5.41, 5.74) is 4.47. The Balaban J connectivity index is -0.000000623. The molecule has 1 amide bonds. The molecule has 0 aromatic rings. The zero-order valence-corrected chi connectivity index (χ0v) is 20.1. The highest BCUT2D eigenvalue weighted by Gasteiger charge is 1.97. The molecule has 0 aromatic carbocycles. The first kappa shape index (κ1) is 32.6. The van der Waals surface area contributed by atoms with Gasteiger partial charge in [-0.05, 0) is 19.5 Å². The van der Waals surface area contributed by atoms with E-state index in [1.807, 2.05) is 0 Å². The van der Waals surface area contributed by atoms with Crippen LogP contribution in [0.4, 0.5) is 0 Å². The van der Waals surface area contributed by atoms with Crippen molar-refractivity contribution >= 4 is 11.9 Å². The number of aliphatic carboxylic acids is 1. The number of hydrogen-bond donors (Lipinski definition) is 3. The van der Waals surface area contributed by atoms with Crippen LogP contribution >= 0.6 is 0 Å². The van der Waals surface area contributed by atoms with Crippen LogP contribution in [-0.2, 0) is 9.59 Å². The average Bonchev–Trinajstić information content (AvgIpc) is 2.65. The Morgan fingerprint density at radius 2 is 0.931 bits per heavy atom. The molecule has 0 aliphatic heterocycles. The highest BCUT2D eigenvalue weighted by Crippen LogP contribution is 2.13. The first-order valence-electron chi connectivity index (χ1n) is 12.1. The second-order valence-corrected chi connectivity index (χ2v) is 7.66. The van der Waals surface area contributed by atoms with Gasteiger partial charge in [-0.25, -0.2) is 0 Å².